The normalized spacial score (nSPS) is 51.3. The van der Waals surface area contributed by atoms with Gasteiger partial charge in [0.1, 0.15) is 12.2 Å². The second-order valence-electron chi connectivity index (χ2n) is 10.7. The number of hydrogen-bond donors (Lipinski definition) is 1. The molecule has 1 N–H and O–H groups in total. The molecule has 1 aliphatic heterocycles. The lowest BCUT2D eigenvalue weighted by atomic mass is 9.46. The molecule has 4 fully saturated rings. The van der Waals surface area contributed by atoms with Gasteiger partial charge in [0.25, 0.3) is 5.97 Å². The SMILES string of the molecule is CCOC1(C)OCC(=O)C2(CCC3C4CCC5=CC(=O)C=CC5(C)C4C(O)CC32C)O1. The Hall–Kier alpha value is -1.34. The van der Waals surface area contributed by atoms with Crippen molar-refractivity contribution in [2.24, 2.45) is 28.6 Å². The van der Waals surface area contributed by atoms with Crippen molar-refractivity contribution in [3.8, 4) is 0 Å². The van der Waals surface area contributed by atoms with Crippen molar-refractivity contribution in [3.63, 3.8) is 0 Å². The van der Waals surface area contributed by atoms with Crippen LogP contribution in [0, 0.1) is 28.6 Å². The van der Waals surface area contributed by atoms with Gasteiger partial charge in [-0.05, 0) is 63.0 Å². The number of Topliss-reactive ketones (excluding diaryl/α,β-unsaturated/α-hetero) is 1. The molecule has 0 bridgehead atoms. The number of aliphatic hydroxyl groups is 1. The van der Waals surface area contributed by atoms with Crippen molar-refractivity contribution in [3.05, 3.63) is 23.8 Å². The van der Waals surface area contributed by atoms with Gasteiger partial charge in [-0.1, -0.05) is 25.5 Å². The number of hydrogen-bond acceptors (Lipinski definition) is 6. The van der Waals surface area contributed by atoms with Crippen LogP contribution < -0.4 is 0 Å². The summed E-state index contributed by atoms with van der Waals surface area (Å²) in [6.07, 6.45) is 8.65. The molecule has 6 nitrogen and oxygen atoms in total. The fourth-order valence-electron chi connectivity index (χ4n) is 7.99. The van der Waals surface area contributed by atoms with Crippen molar-refractivity contribution in [2.75, 3.05) is 13.2 Å². The molecule has 8 unspecified atom stereocenters. The lowest BCUT2D eigenvalue weighted by Crippen LogP contribution is -2.67. The highest BCUT2D eigenvalue weighted by Crippen LogP contribution is 2.68. The highest BCUT2D eigenvalue weighted by Gasteiger charge is 2.71. The van der Waals surface area contributed by atoms with E-state index in [1.807, 2.05) is 13.0 Å². The molecule has 0 radical (unpaired) electrons. The number of carbonyl (C=O) groups excluding carboxylic acids is 2. The molecule has 0 aromatic carbocycles. The van der Waals surface area contributed by atoms with Crippen molar-refractivity contribution in [1.82, 2.24) is 0 Å². The Balaban J connectivity index is 1.53. The van der Waals surface area contributed by atoms with Gasteiger partial charge in [0.2, 0.25) is 0 Å². The Bertz CT molecular complexity index is 877. The van der Waals surface area contributed by atoms with Crippen LogP contribution in [-0.4, -0.2) is 47.6 Å². The standard InChI is InChI=1S/C25H34O6/c1-5-29-24(4)30-14-20(28)25(31-24)11-9-18-17-7-6-15-12-16(26)8-10-22(15,2)21(17)19(27)13-23(18,25)3/h8,10,12,17-19,21,27H,5-7,9,11,13-14H2,1-4H3. The summed E-state index contributed by atoms with van der Waals surface area (Å²) >= 11 is 0. The van der Waals surface area contributed by atoms with Gasteiger partial charge in [0.05, 0.1) is 6.10 Å². The third kappa shape index (κ3) is 2.78. The van der Waals surface area contributed by atoms with Gasteiger partial charge in [0.15, 0.2) is 11.6 Å². The number of carbonyl (C=O) groups is 2. The smallest absolute Gasteiger partial charge is 0.281 e. The van der Waals surface area contributed by atoms with Crippen molar-refractivity contribution < 1.29 is 28.9 Å². The Morgan fingerprint density at radius 3 is 2.74 bits per heavy atom. The van der Waals surface area contributed by atoms with E-state index in [9.17, 15) is 14.7 Å². The minimum Gasteiger partial charge on any atom is -0.393 e. The Morgan fingerprint density at radius 1 is 1.23 bits per heavy atom. The van der Waals surface area contributed by atoms with Crippen LogP contribution in [0.25, 0.3) is 0 Å². The van der Waals surface area contributed by atoms with E-state index in [1.54, 1.807) is 19.1 Å². The van der Waals surface area contributed by atoms with E-state index in [0.29, 0.717) is 19.4 Å². The predicted molar refractivity (Wildman–Crippen MR) is 113 cm³/mol. The van der Waals surface area contributed by atoms with E-state index in [-0.39, 0.29) is 41.3 Å². The Labute approximate surface area is 184 Å². The molecule has 1 spiro atoms. The van der Waals surface area contributed by atoms with Gasteiger partial charge in [0, 0.05) is 30.3 Å². The molecule has 0 amide bonds. The first-order chi connectivity index (χ1) is 14.6. The number of aliphatic hydroxyl groups excluding tert-OH is 1. The van der Waals surface area contributed by atoms with Crippen LogP contribution in [0.5, 0.6) is 0 Å². The topological polar surface area (TPSA) is 82.1 Å². The second-order valence-corrected chi connectivity index (χ2v) is 10.7. The lowest BCUT2D eigenvalue weighted by molar-refractivity contribution is -0.420. The fraction of sp³-hybridized carbons (Fsp3) is 0.760. The van der Waals surface area contributed by atoms with Crippen LogP contribution in [0.4, 0.5) is 0 Å². The molecule has 5 rings (SSSR count). The first kappa shape index (κ1) is 21.5. The van der Waals surface area contributed by atoms with Crippen LogP contribution >= 0.6 is 0 Å². The molecular formula is C25H34O6. The summed E-state index contributed by atoms with van der Waals surface area (Å²) in [6, 6.07) is 0. The molecule has 1 heterocycles. The lowest BCUT2D eigenvalue weighted by Gasteiger charge is -2.61. The molecule has 8 atom stereocenters. The first-order valence-corrected chi connectivity index (χ1v) is 11.7. The Kier molecular flexibility index (Phi) is 4.74. The van der Waals surface area contributed by atoms with E-state index in [2.05, 4.69) is 13.8 Å². The van der Waals surface area contributed by atoms with E-state index in [1.165, 1.54) is 0 Å². The Morgan fingerprint density at radius 2 is 2.00 bits per heavy atom. The van der Waals surface area contributed by atoms with Crippen LogP contribution in [0.3, 0.4) is 0 Å². The molecule has 4 aliphatic carbocycles. The summed E-state index contributed by atoms with van der Waals surface area (Å²) in [5, 5.41) is 11.5. The van der Waals surface area contributed by atoms with Gasteiger partial charge >= 0.3 is 0 Å². The summed E-state index contributed by atoms with van der Waals surface area (Å²) in [5.41, 5.74) is -0.660. The minimum atomic E-state index is -1.25. The first-order valence-electron chi connectivity index (χ1n) is 11.7. The van der Waals surface area contributed by atoms with Crippen LogP contribution in [-0.2, 0) is 23.8 Å². The van der Waals surface area contributed by atoms with Gasteiger partial charge in [-0.2, -0.15) is 0 Å². The average Bonchev–Trinajstić information content (AvgIpc) is 2.98. The summed E-state index contributed by atoms with van der Waals surface area (Å²) in [5.74, 6) is -0.672. The maximum absolute atomic E-state index is 13.3. The van der Waals surface area contributed by atoms with Crippen LogP contribution in [0.1, 0.15) is 59.8 Å². The van der Waals surface area contributed by atoms with Gasteiger partial charge in [-0.3, -0.25) is 9.59 Å². The molecular weight excluding hydrogens is 396 g/mol. The summed E-state index contributed by atoms with van der Waals surface area (Å²) in [6.45, 7) is 8.31. The van der Waals surface area contributed by atoms with Crippen molar-refractivity contribution >= 4 is 11.6 Å². The number of allylic oxidation sites excluding steroid dienone is 4. The van der Waals surface area contributed by atoms with Gasteiger partial charge in [-0.15, -0.1) is 0 Å². The van der Waals surface area contributed by atoms with Crippen molar-refractivity contribution in [1.29, 1.82) is 0 Å². The van der Waals surface area contributed by atoms with E-state index in [0.717, 1.165) is 24.8 Å². The molecule has 170 valence electrons. The predicted octanol–water partition coefficient (Wildman–Crippen LogP) is 3.33. The van der Waals surface area contributed by atoms with Crippen LogP contribution in [0.2, 0.25) is 0 Å². The molecule has 3 saturated carbocycles. The van der Waals surface area contributed by atoms with Crippen LogP contribution in [0.15, 0.2) is 23.8 Å². The monoisotopic (exact) mass is 430 g/mol. The number of ketones is 2. The fourth-order valence-corrected chi connectivity index (χ4v) is 7.99. The number of fused-ring (bicyclic) bond motifs is 6. The van der Waals surface area contributed by atoms with Crippen molar-refractivity contribution in [2.45, 2.75) is 77.5 Å². The average molecular weight is 431 g/mol. The molecule has 5 aliphatic rings. The highest BCUT2D eigenvalue weighted by molar-refractivity contribution is 6.01. The molecule has 0 aromatic rings. The molecule has 31 heavy (non-hydrogen) atoms. The number of rotatable bonds is 2. The third-order valence-corrected chi connectivity index (χ3v) is 9.30. The van der Waals surface area contributed by atoms with Gasteiger partial charge < -0.3 is 19.3 Å². The summed E-state index contributed by atoms with van der Waals surface area (Å²) in [4.78, 5) is 25.3. The molecule has 1 saturated heterocycles. The van der Waals surface area contributed by atoms with E-state index in [4.69, 9.17) is 14.2 Å². The largest absolute Gasteiger partial charge is 0.393 e. The molecule has 6 heteroatoms. The van der Waals surface area contributed by atoms with Gasteiger partial charge in [-0.25, -0.2) is 0 Å². The van der Waals surface area contributed by atoms with E-state index >= 15 is 0 Å². The minimum absolute atomic E-state index is 0.0293. The maximum Gasteiger partial charge on any atom is 0.281 e. The zero-order valence-corrected chi connectivity index (χ0v) is 19.0. The highest BCUT2D eigenvalue weighted by atomic mass is 16.9. The number of ether oxygens (including phenoxy) is 3. The summed E-state index contributed by atoms with van der Waals surface area (Å²) < 4.78 is 17.9. The maximum atomic E-state index is 13.3. The summed E-state index contributed by atoms with van der Waals surface area (Å²) in [7, 11) is 0. The zero-order chi connectivity index (χ0) is 22.2. The zero-order valence-electron chi connectivity index (χ0n) is 19.0. The quantitative estimate of drug-likeness (QED) is 0.724. The molecule has 0 aromatic heterocycles. The van der Waals surface area contributed by atoms with E-state index < -0.39 is 23.1 Å². The second kappa shape index (κ2) is 6.83. The third-order valence-electron chi connectivity index (χ3n) is 9.30.